The van der Waals surface area contributed by atoms with E-state index in [4.69, 9.17) is 15.8 Å². The number of nitrogen functional groups attached to an aromatic ring is 1. The lowest BCUT2D eigenvalue weighted by molar-refractivity contribution is 0.198. The number of nitrogens with zero attached hydrogens (tertiary/aromatic N) is 1. The molecule has 0 aromatic heterocycles. The van der Waals surface area contributed by atoms with Gasteiger partial charge in [-0.3, -0.25) is 10.3 Å². The predicted molar refractivity (Wildman–Crippen MR) is 90.3 cm³/mol. The van der Waals surface area contributed by atoms with Crippen LogP contribution in [0.3, 0.4) is 0 Å². The summed E-state index contributed by atoms with van der Waals surface area (Å²) in [5.41, 5.74) is 8.93. The maximum atomic E-state index is 10.9. The van der Waals surface area contributed by atoms with Crippen LogP contribution in [0.15, 0.2) is 23.2 Å². The Kier molecular flexibility index (Phi) is 3.59. The molecule has 4 N–H and O–H groups in total. The first-order valence-electron chi connectivity index (χ1n) is 7.41. The van der Waals surface area contributed by atoms with E-state index in [1.54, 1.807) is 0 Å². The average Bonchev–Trinajstić information content (AvgIpc) is 2.38. The van der Waals surface area contributed by atoms with Gasteiger partial charge >= 0.3 is 6.09 Å². The van der Waals surface area contributed by atoms with Crippen molar-refractivity contribution in [1.29, 1.82) is 0 Å². The summed E-state index contributed by atoms with van der Waals surface area (Å²) in [4.78, 5) is 15.8. The number of thioether (sulfide) groups is 1. The molecule has 1 unspecified atom stereocenters. The van der Waals surface area contributed by atoms with Gasteiger partial charge in [-0.1, -0.05) is 31.7 Å². The summed E-state index contributed by atoms with van der Waals surface area (Å²) in [6, 6.07) is 6.04. The third-order valence-corrected chi connectivity index (χ3v) is 5.23. The number of benzene rings is 1. The summed E-state index contributed by atoms with van der Waals surface area (Å²) >= 11 is 1.46. The minimum absolute atomic E-state index is 0.128. The van der Waals surface area contributed by atoms with Gasteiger partial charge < -0.3 is 10.8 Å². The van der Waals surface area contributed by atoms with Gasteiger partial charge in [-0.05, 0) is 47.9 Å². The van der Waals surface area contributed by atoms with Crippen LogP contribution in [0.5, 0.6) is 0 Å². The van der Waals surface area contributed by atoms with Crippen LogP contribution in [-0.2, 0) is 12.0 Å². The molecule has 1 amide bonds. The van der Waals surface area contributed by atoms with Crippen molar-refractivity contribution in [3.63, 3.8) is 0 Å². The molecule has 0 radical (unpaired) electrons. The molecule has 1 spiro atoms. The lowest BCUT2D eigenvalue weighted by atomic mass is 9.64. The topological polar surface area (TPSA) is 87.7 Å². The van der Waals surface area contributed by atoms with Crippen molar-refractivity contribution in [2.75, 3.05) is 11.5 Å². The maximum absolute atomic E-state index is 10.9. The van der Waals surface area contributed by atoms with Crippen molar-refractivity contribution in [2.45, 2.75) is 38.6 Å². The molecule has 2 aliphatic rings. The second kappa shape index (κ2) is 5.19. The van der Waals surface area contributed by atoms with Crippen molar-refractivity contribution in [1.82, 2.24) is 5.32 Å². The van der Waals surface area contributed by atoms with E-state index in [9.17, 15) is 4.79 Å². The zero-order valence-electron chi connectivity index (χ0n) is 12.8. The molecule has 0 saturated heterocycles. The van der Waals surface area contributed by atoms with Gasteiger partial charge in [0.05, 0.1) is 5.54 Å². The normalized spacial score (nSPS) is 26.2. The Labute approximate surface area is 134 Å². The Hall–Kier alpha value is -1.69. The van der Waals surface area contributed by atoms with E-state index < -0.39 is 6.09 Å². The number of rotatable bonds is 0. The van der Waals surface area contributed by atoms with Gasteiger partial charge in [-0.2, -0.15) is 0 Å². The Bertz CT molecular complexity index is 657. The maximum Gasteiger partial charge on any atom is 0.410 e. The highest BCUT2D eigenvalue weighted by Crippen LogP contribution is 2.51. The smallest absolute Gasteiger partial charge is 0.410 e. The second-order valence-corrected chi connectivity index (χ2v) is 8.00. The molecule has 1 aromatic rings. The molecule has 6 heteroatoms. The summed E-state index contributed by atoms with van der Waals surface area (Å²) < 4.78 is 0. The summed E-state index contributed by atoms with van der Waals surface area (Å²) in [6.07, 6.45) is 1.74. The van der Waals surface area contributed by atoms with Crippen LogP contribution >= 0.6 is 11.8 Å². The van der Waals surface area contributed by atoms with E-state index in [0.29, 0.717) is 5.17 Å². The average molecular weight is 319 g/mol. The van der Waals surface area contributed by atoms with Crippen LogP contribution in [0.1, 0.15) is 37.8 Å². The minimum Gasteiger partial charge on any atom is -0.465 e. The molecule has 1 aromatic carbocycles. The van der Waals surface area contributed by atoms with Gasteiger partial charge in [0.25, 0.3) is 0 Å². The molecule has 1 atom stereocenters. The number of aliphatic imine (C=N–C) groups is 1. The highest BCUT2D eigenvalue weighted by molar-refractivity contribution is 8.13. The number of nitrogens with one attached hydrogen (secondary N) is 1. The summed E-state index contributed by atoms with van der Waals surface area (Å²) in [5.74, 6) is 0.851. The molecule has 5 nitrogen and oxygen atoms in total. The highest BCUT2D eigenvalue weighted by atomic mass is 32.2. The number of carboxylic acid groups (broad SMARTS) is 1. The van der Waals surface area contributed by atoms with Gasteiger partial charge in [-0.15, -0.1) is 0 Å². The molecular weight excluding hydrogens is 298 g/mol. The van der Waals surface area contributed by atoms with Crippen LogP contribution < -0.4 is 11.1 Å². The third kappa shape index (κ3) is 2.79. The van der Waals surface area contributed by atoms with E-state index in [-0.39, 0.29) is 11.0 Å². The van der Waals surface area contributed by atoms with Crippen molar-refractivity contribution in [3.8, 4) is 0 Å². The molecule has 0 saturated carbocycles. The summed E-state index contributed by atoms with van der Waals surface area (Å²) in [5, 5.41) is 11.9. The van der Waals surface area contributed by atoms with Crippen LogP contribution in [0.25, 0.3) is 0 Å². The number of carbonyl (C=O) groups is 1. The van der Waals surface area contributed by atoms with E-state index in [2.05, 4.69) is 25.2 Å². The molecule has 1 heterocycles. The quantitative estimate of drug-likeness (QED) is 0.641. The van der Waals surface area contributed by atoms with Crippen molar-refractivity contribution < 1.29 is 9.90 Å². The lowest BCUT2D eigenvalue weighted by Crippen LogP contribution is -2.42. The largest absolute Gasteiger partial charge is 0.465 e. The zero-order chi connectivity index (χ0) is 16.0. The van der Waals surface area contributed by atoms with Crippen LogP contribution in [0.4, 0.5) is 10.5 Å². The van der Waals surface area contributed by atoms with Gasteiger partial charge in [0.1, 0.15) is 0 Å². The molecule has 1 aliphatic carbocycles. The first kappa shape index (κ1) is 15.2. The van der Waals surface area contributed by atoms with Crippen molar-refractivity contribution in [2.24, 2.45) is 10.4 Å². The van der Waals surface area contributed by atoms with E-state index in [1.807, 2.05) is 12.1 Å². The zero-order valence-corrected chi connectivity index (χ0v) is 13.7. The van der Waals surface area contributed by atoms with E-state index in [1.165, 1.54) is 17.3 Å². The van der Waals surface area contributed by atoms with Gasteiger partial charge in [0.2, 0.25) is 0 Å². The standard InChI is InChI=1S/C16H21N3O2S/c1-15(2)8-10-3-4-11(17)7-12(10)16(9-15)5-6-22-13(19-16)18-14(20)21/h3-4,7H,5-6,8-9,17H2,1-2H3,(H,18,19)(H,20,21). The van der Waals surface area contributed by atoms with E-state index >= 15 is 0 Å². The Morgan fingerprint density at radius 2 is 2.23 bits per heavy atom. The Morgan fingerprint density at radius 1 is 1.45 bits per heavy atom. The molecule has 0 fully saturated rings. The van der Waals surface area contributed by atoms with E-state index in [0.717, 1.165) is 36.3 Å². The van der Waals surface area contributed by atoms with Crippen LogP contribution in [-0.4, -0.2) is 22.1 Å². The van der Waals surface area contributed by atoms with Gasteiger partial charge in [0, 0.05) is 11.4 Å². The third-order valence-electron chi connectivity index (χ3n) is 4.36. The first-order valence-corrected chi connectivity index (χ1v) is 8.40. The first-order chi connectivity index (χ1) is 10.3. The lowest BCUT2D eigenvalue weighted by Gasteiger charge is -2.45. The molecule has 0 bridgehead atoms. The van der Waals surface area contributed by atoms with Gasteiger partial charge in [-0.25, -0.2) is 4.79 Å². The fourth-order valence-electron chi connectivity index (χ4n) is 3.72. The summed E-state index contributed by atoms with van der Waals surface area (Å²) in [6.45, 7) is 4.49. The number of amides is 1. The number of hydrogen-bond acceptors (Lipinski definition) is 4. The molecule has 1 aliphatic heterocycles. The highest BCUT2D eigenvalue weighted by Gasteiger charge is 2.45. The number of amidine groups is 1. The number of anilines is 1. The number of hydrogen-bond donors (Lipinski definition) is 3. The fraction of sp³-hybridized carbons (Fsp3) is 0.500. The SMILES string of the molecule is CC1(C)Cc2ccc(N)cc2C2(CCSC(NC(=O)O)=N2)C1. The van der Waals surface area contributed by atoms with Crippen molar-refractivity contribution in [3.05, 3.63) is 29.3 Å². The van der Waals surface area contributed by atoms with Crippen LogP contribution in [0.2, 0.25) is 0 Å². The predicted octanol–water partition coefficient (Wildman–Crippen LogP) is 3.20. The van der Waals surface area contributed by atoms with Crippen molar-refractivity contribution >= 4 is 28.7 Å². The van der Waals surface area contributed by atoms with Crippen LogP contribution in [0, 0.1) is 5.41 Å². The molecule has 118 valence electrons. The summed E-state index contributed by atoms with van der Waals surface area (Å²) in [7, 11) is 0. The Balaban J connectivity index is 2.12. The molecule has 3 rings (SSSR count). The minimum atomic E-state index is -1.06. The fourth-order valence-corrected chi connectivity index (χ4v) is 4.76. The molecule has 22 heavy (non-hydrogen) atoms. The Morgan fingerprint density at radius 3 is 2.95 bits per heavy atom. The monoisotopic (exact) mass is 319 g/mol. The van der Waals surface area contributed by atoms with Gasteiger partial charge in [0.15, 0.2) is 5.17 Å². The molecular formula is C16H21N3O2S. The second-order valence-electron chi connectivity index (χ2n) is 6.91. The number of fused-ring (bicyclic) bond motifs is 2. The number of nitrogens with two attached hydrogens (primary N) is 1.